The quantitative estimate of drug-likeness (QED) is 0.445. The molecule has 0 spiro atoms. The lowest BCUT2D eigenvalue weighted by molar-refractivity contribution is -0.347. The molecule has 4 rings (SSSR count). The minimum absolute atomic E-state index is 0.0385. The standard InChI is InChI=1S/C18H12F2N6O3S/c19-11-4-5-12(26-30(28,29)14-3-1-2-6-21-14)15(20)16(11)25-18(27)10-7-13-17(22-8-10)24-9-23-13/h1-9,26H,(H,25,27)(H,22,23,24)/p+1. The number of carbonyl (C=O) groups is 1. The van der Waals surface area contributed by atoms with Crippen LogP contribution in [0.15, 0.2) is 60.1 Å². The normalized spacial score (nSPS) is 11.4. The molecule has 0 aliphatic heterocycles. The van der Waals surface area contributed by atoms with Crippen LogP contribution in [-0.2, 0) is 10.0 Å². The Morgan fingerprint density at radius 3 is 2.73 bits per heavy atom. The highest BCUT2D eigenvalue weighted by Gasteiger charge is 2.22. The Balaban J connectivity index is 1.63. The summed E-state index contributed by atoms with van der Waals surface area (Å²) in [5.41, 5.74) is -0.309. The predicted octanol–water partition coefficient (Wildman–Crippen LogP) is 2.10. The highest BCUT2D eigenvalue weighted by Crippen LogP contribution is 2.28. The van der Waals surface area contributed by atoms with Gasteiger partial charge >= 0.3 is 0 Å². The van der Waals surface area contributed by atoms with Crippen molar-refractivity contribution >= 4 is 38.5 Å². The van der Waals surface area contributed by atoms with Crippen LogP contribution in [0.25, 0.3) is 11.2 Å². The maximum absolute atomic E-state index is 14.8. The number of fused-ring (bicyclic) bond motifs is 1. The highest BCUT2D eigenvalue weighted by atomic mass is 32.2. The fraction of sp³-hybridized carbons (Fsp3) is 0. The van der Waals surface area contributed by atoms with Gasteiger partial charge in [-0.3, -0.25) is 14.5 Å². The first-order valence-electron chi connectivity index (χ1n) is 8.43. The Kier molecular flexibility index (Phi) is 4.83. The van der Waals surface area contributed by atoms with Gasteiger partial charge in [0.1, 0.15) is 17.7 Å². The Bertz CT molecular complexity index is 1360. The van der Waals surface area contributed by atoms with Gasteiger partial charge in [-0.2, -0.15) is 8.42 Å². The van der Waals surface area contributed by atoms with E-state index in [4.69, 9.17) is 0 Å². The van der Waals surface area contributed by atoms with E-state index in [9.17, 15) is 22.0 Å². The molecule has 0 aliphatic carbocycles. The number of H-pyrrole nitrogens is 2. The number of imidazole rings is 1. The molecule has 0 aliphatic rings. The van der Waals surface area contributed by atoms with Crippen molar-refractivity contribution in [3.05, 3.63) is 72.3 Å². The van der Waals surface area contributed by atoms with Crippen LogP contribution in [0.2, 0.25) is 0 Å². The molecule has 30 heavy (non-hydrogen) atoms. The van der Waals surface area contributed by atoms with Gasteiger partial charge < -0.3 is 5.32 Å². The number of benzene rings is 1. The molecule has 0 radical (unpaired) electrons. The average Bonchev–Trinajstić information content (AvgIpc) is 3.21. The molecule has 3 aromatic heterocycles. The van der Waals surface area contributed by atoms with Gasteiger partial charge in [0.05, 0.1) is 11.3 Å². The fourth-order valence-electron chi connectivity index (χ4n) is 2.63. The third-order valence-electron chi connectivity index (χ3n) is 4.07. The first-order chi connectivity index (χ1) is 14.3. The second-order valence-electron chi connectivity index (χ2n) is 6.06. The molecule has 9 nitrogen and oxygen atoms in total. The molecule has 1 amide bonds. The fourth-order valence-corrected chi connectivity index (χ4v) is 3.64. The van der Waals surface area contributed by atoms with E-state index in [-0.39, 0.29) is 10.6 Å². The van der Waals surface area contributed by atoms with Gasteiger partial charge in [0.25, 0.3) is 21.6 Å². The van der Waals surface area contributed by atoms with Crippen LogP contribution in [0.5, 0.6) is 0 Å². The van der Waals surface area contributed by atoms with Crippen LogP contribution < -0.4 is 15.0 Å². The molecule has 4 N–H and O–H groups in total. The van der Waals surface area contributed by atoms with Crippen LogP contribution in [0.1, 0.15) is 10.4 Å². The second-order valence-corrected chi connectivity index (χ2v) is 7.69. The molecule has 12 heteroatoms. The molecule has 1 aromatic carbocycles. The molecule has 0 atom stereocenters. The number of sulfonamides is 1. The third-order valence-corrected chi connectivity index (χ3v) is 5.35. The predicted molar refractivity (Wildman–Crippen MR) is 102 cm³/mol. The monoisotopic (exact) mass is 431 g/mol. The SMILES string of the molecule is O=C(Nc1c(F)ccc(NS(=O)(=O)c2ccccn2)c1F)c1cnc2[nH+]c[nH]c2c1. The summed E-state index contributed by atoms with van der Waals surface area (Å²) < 4.78 is 55.7. The molecular formula is C18H13F2N6O3S+. The van der Waals surface area contributed by atoms with Gasteiger partial charge in [0.2, 0.25) is 0 Å². The lowest BCUT2D eigenvalue weighted by atomic mass is 10.2. The van der Waals surface area contributed by atoms with Gasteiger partial charge in [-0.15, -0.1) is 4.98 Å². The number of pyridine rings is 2. The molecular weight excluding hydrogens is 418 g/mol. The van der Waals surface area contributed by atoms with E-state index in [2.05, 4.69) is 25.3 Å². The Morgan fingerprint density at radius 2 is 1.97 bits per heavy atom. The summed E-state index contributed by atoms with van der Waals surface area (Å²) in [6.07, 6.45) is 4.00. The Hall–Kier alpha value is -3.93. The number of amides is 1. The number of aromatic nitrogens is 4. The number of anilines is 2. The van der Waals surface area contributed by atoms with Crippen molar-refractivity contribution < 1.29 is 27.0 Å². The number of nitrogens with zero attached hydrogens (tertiary/aromatic N) is 2. The molecule has 152 valence electrons. The molecule has 0 saturated carbocycles. The second kappa shape index (κ2) is 7.48. The average molecular weight is 431 g/mol. The maximum Gasteiger partial charge on any atom is 0.299 e. The third kappa shape index (κ3) is 3.67. The summed E-state index contributed by atoms with van der Waals surface area (Å²) in [6.45, 7) is 0. The summed E-state index contributed by atoms with van der Waals surface area (Å²) in [5.74, 6) is -3.20. The van der Waals surface area contributed by atoms with Gasteiger partial charge in [-0.05, 0) is 30.3 Å². The van der Waals surface area contributed by atoms with Gasteiger partial charge in [-0.1, -0.05) is 6.07 Å². The van der Waals surface area contributed by atoms with Gasteiger partial charge in [-0.25, -0.2) is 18.7 Å². The highest BCUT2D eigenvalue weighted by molar-refractivity contribution is 7.92. The summed E-state index contributed by atoms with van der Waals surface area (Å²) in [7, 11) is -4.22. The molecule has 0 fully saturated rings. The minimum Gasteiger partial charge on any atom is -0.317 e. The number of hydrogen-bond acceptors (Lipinski definition) is 5. The summed E-state index contributed by atoms with van der Waals surface area (Å²) >= 11 is 0. The van der Waals surface area contributed by atoms with Crippen LogP contribution in [-0.4, -0.2) is 29.3 Å². The maximum atomic E-state index is 14.8. The van der Waals surface area contributed by atoms with E-state index >= 15 is 0 Å². The zero-order valence-corrected chi connectivity index (χ0v) is 15.8. The summed E-state index contributed by atoms with van der Waals surface area (Å²) in [6, 6.07) is 7.36. The van der Waals surface area contributed by atoms with Crippen LogP contribution >= 0.6 is 0 Å². The number of aromatic amines is 2. The first kappa shape index (κ1) is 19.4. The molecule has 3 heterocycles. The van der Waals surface area contributed by atoms with E-state index in [1.807, 2.05) is 4.72 Å². The minimum atomic E-state index is -4.22. The molecule has 4 aromatic rings. The lowest BCUT2D eigenvalue weighted by Gasteiger charge is -2.12. The zero-order chi connectivity index (χ0) is 21.3. The van der Waals surface area contributed by atoms with E-state index < -0.39 is 38.9 Å². The summed E-state index contributed by atoms with van der Waals surface area (Å²) in [5, 5.41) is 1.77. The number of carbonyl (C=O) groups excluding carboxylic acids is 1. The van der Waals surface area contributed by atoms with Crippen molar-refractivity contribution in [3.8, 4) is 0 Å². The zero-order valence-electron chi connectivity index (χ0n) is 15.0. The van der Waals surface area contributed by atoms with Gasteiger partial charge in [0.15, 0.2) is 22.7 Å². The Morgan fingerprint density at radius 1 is 1.13 bits per heavy atom. The van der Waals surface area contributed by atoms with Crippen molar-refractivity contribution in [2.45, 2.75) is 5.03 Å². The van der Waals surface area contributed by atoms with Crippen molar-refractivity contribution in [1.29, 1.82) is 0 Å². The smallest absolute Gasteiger partial charge is 0.299 e. The molecule has 0 unspecified atom stereocenters. The number of nitrogens with one attached hydrogen (secondary N) is 4. The van der Waals surface area contributed by atoms with E-state index in [0.29, 0.717) is 11.2 Å². The molecule has 0 bridgehead atoms. The van der Waals surface area contributed by atoms with Gasteiger partial charge in [0, 0.05) is 6.20 Å². The van der Waals surface area contributed by atoms with Crippen LogP contribution in [0.3, 0.4) is 0 Å². The number of hydrogen-bond donors (Lipinski definition) is 3. The largest absolute Gasteiger partial charge is 0.317 e. The Labute approximate surface area is 168 Å². The van der Waals surface area contributed by atoms with E-state index in [0.717, 1.165) is 12.1 Å². The molecule has 0 saturated heterocycles. The first-order valence-corrected chi connectivity index (χ1v) is 9.91. The number of halogens is 2. The van der Waals surface area contributed by atoms with Crippen LogP contribution in [0, 0.1) is 11.6 Å². The van der Waals surface area contributed by atoms with Crippen molar-refractivity contribution in [1.82, 2.24) is 15.0 Å². The van der Waals surface area contributed by atoms with Crippen molar-refractivity contribution in [3.63, 3.8) is 0 Å². The summed E-state index contributed by atoms with van der Waals surface area (Å²) in [4.78, 5) is 25.8. The lowest BCUT2D eigenvalue weighted by Crippen LogP contribution is -2.18. The topological polar surface area (TPSA) is 131 Å². The van der Waals surface area contributed by atoms with Crippen molar-refractivity contribution in [2.24, 2.45) is 0 Å². The van der Waals surface area contributed by atoms with Crippen molar-refractivity contribution in [2.75, 3.05) is 10.0 Å². The number of rotatable bonds is 5. The van der Waals surface area contributed by atoms with E-state index in [1.165, 1.54) is 43.0 Å². The van der Waals surface area contributed by atoms with Crippen LogP contribution in [0.4, 0.5) is 20.2 Å². The van der Waals surface area contributed by atoms with E-state index in [1.54, 1.807) is 0 Å².